The minimum Gasteiger partial charge on any atom is -0.326 e. The average molecular weight is 286 g/mol. The van der Waals surface area contributed by atoms with E-state index in [1.54, 1.807) is 6.07 Å². The molecule has 3 heteroatoms. The van der Waals surface area contributed by atoms with Gasteiger partial charge in [-0.25, -0.2) is 0 Å². The quantitative estimate of drug-likeness (QED) is 0.890. The molecular weight excluding hydrogens is 270 g/mol. The van der Waals surface area contributed by atoms with Gasteiger partial charge in [0.05, 0.1) is 0 Å². The molecule has 1 fully saturated rings. The van der Waals surface area contributed by atoms with Crippen LogP contribution in [0.1, 0.15) is 23.5 Å². The fourth-order valence-corrected chi connectivity index (χ4v) is 2.68. The average Bonchev–Trinajstić information content (AvgIpc) is 3.24. The number of anilines is 1. The SMILES string of the molecule is Cc1ccc(Cl)cc1NC(=O)[C@H]1C[C@H]1c1ccccc1. The largest absolute Gasteiger partial charge is 0.326 e. The maximum atomic E-state index is 12.3. The van der Waals surface area contributed by atoms with Crippen LogP contribution in [0.4, 0.5) is 5.69 Å². The van der Waals surface area contributed by atoms with E-state index in [1.807, 2.05) is 37.3 Å². The van der Waals surface area contributed by atoms with Crippen molar-refractivity contribution in [3.63, 3.8) is 0 Å². The lowest BCUT2D eigenvalue weighted by Crippen LogP contribution is -2.15. The summed E-state index contributed by atoms with van der Waals surface area (Å²) in [6, 6.07) is 15.7. The topological polar surface area (TPSA) is 29.1 Å². The predicted octanol–water partition coefficient (Wildman–Crippen LogP) is 4.39. The van der Waals surface area contributed by atoms with Crippen molar-refractivity contribution in [3.05, 3.63) is 64.7 Å². The van der Waals surface area contributed by atoms with Gasteiger partial charge in [0.2, 0.25) is 5.91 Å². The fraction of sp³-hybridized carbons (Fsp3) is 0.235. The van der Waals surface area contributed by atoms with Crippen LogP contribution in [0.15, 0.2) is 48.5 Å². The van der Waals surface area contributed by atoms with Crippen LogP contribution in [0.2, 0.25) is 5.02 Å². The Morgan fingerprint density at radius 1 is 1.20 bits per heavy atom. The minimum atomic E-state index is 0.0794. The molecule has 1 aliphatic carbocycles. The summed E-state index contributed by atoms with van der Waals surface area (Å²) in [6.07, 6.45) is 0.926. The van der Waals surface area contributed by atoms with E-state index in [4.69, 9.17) is 11.6 Å². The highest BCUT2D eigenvalue weighted by Crippen LogP contribution is 2.48. The molecule has 0 aliphatic heterocycles. The van der Waals surface area contributed by atoms with E-state index < -0.39 is 0 Å². The number of benzene rings is 2. The predicted molar refractivity (Wildman–Crippen MR) is 82.1 cm³/mol. The Hall–Kier alpha value is -1.80. The highest BCUT2D eigenvalue weighted by atomic mass is 35.5. The number of hydrogen-bond acceptors (Lipinski definition) is 1. The summed E-state index contributed by atoms with van der Waals surface area (Å²) in [5.74, 6) is 0.524. The normalized spacial score (nSPS) is 20.5. The highest BCUT2D eigenvalue weighted by Gasteiger charge is 2.43. The number of hydrogen-bond donors (Lipinski definition) is 1. The third kappa shape index (κ3) is 2.70. The molecular formula is C17H16ClNO. The van der Waals surface area contributed by atoms with E-state index in [9.17, 15) is 4.79 Å². The van der Waals surface area contributed by atoms with Gasteiger partial charge in [0.1, 0.15) is 0 Å². The first-order valence-electron chi connectivity index (χ1n) is 6.77. The molecule has 20 heavy (non-hydrogen) atoms. The van der Waals surface area contributed by atoms with Crippen molar-refractivity contribution in [2.24, 2.45) is 5.92 Å². The molecule has 2 aromatic rings. The lowest BCUT2D eigenvalue weighted by Gasteiger charge is -2.08. The molecule has 102 valence electrons. The second-order valence-electron chi connectivity index (χ2n) is 5.31. The van der Waals surface area contributed by atoms with Crippen LogP contribution in [0.25, 0.3) is 0 Å². The Kier molecular flexibility index (Phi) is 3.49. The lowest BCUT2D eigenvalue weighted by molar-refractivity contribution is -0.117. The van der Waals surface area contributed by atoms with Crippen LogP contribution in [0.3, 0.4) is 0 Å². The van der Waals surface area contributed by atoms with Crippen molar-refractivity contribution in [1.29, 1.82) is 0 Å². The van der Waals surface area contributed by atoms with Crippen molar-refractivity contribution in [2.45, 2.75) is 19.3 Å². The summed E-state index contributed by atoms with van der Waals surface area (Å²) < 4.78 is 0. The van der Waals surface area contributed by atoms with Gasteiger partial charge in [-0.05, 0) is 42.5 Å². The van der Waals surface area contributed by atoms with Crippen molar-refractivity contribution < 1.29 is 4.79 Å². The van der Waals surface area contributed by atoms with Crippen molar-refractivity contribution in [1.82, 2.24) is 0 Å². The zero-order valence-corrected chi connectivity index (χ0v) is 12.0. The third-order valence-electron chi connectivity index (χ3n) is 3.81. The molecule has 1 N–H and O–H groups in total. The monoisotopic (exact) mass is 285 g/mol. The van der Waals surface area contributed by atoms with Gasteiger partial charge in [-0.2, -0.15) is 0 Å². The Morgan fingerprint density at radius 3 is 2.70 bits per heavy atom. The first-order valence-corrected chi connectivity index (χ1v) is 7.15. The number of aryl methyl sites for hydroxylation is 1. The van der Waals surface area contributed by atoms with Gasteiger partial charge in [0, 0.05) is 16.6 Å². The standard InChI is InChI=1S/C17H16ClNO/c1-11-7-8-13(18)9-16(11)19-17(20)15-10-14(15)12-5-3-2-4-6-12/h2-9,14-15H,10H2,1H3,(H,19,20)/t14-,15-/m0/s1. The zero-order chi connectivity index (χ0) is 14.1. The minimum absolute atomic E-state index is 0.0794. The second kappa shape index (κ2) is 5.29. The molecule has 2 aromatic carbocycles. The number of carbonyl (C=O) groups is 1. The van der Waals surface area contributed by atoms with Gasteiger partial charge in [0.15, 0.2) is 0 Å². The molecule has 0 radical (unpaired) electrons. The van der Waals surface area contributed by atoms with Gasteiger partial charge >= 0.3 is 0 Å². The van der Waals surface area contributed by atoms with Gasteiger partial charge < -0.3 is 5.32 Å². The maximum absolute atomic E-state index is 12.3. The summed E-state index contributed by atoms with van der Waals surface area (Å²) in [7, 11) is 0. The van der Waals surface area contributed by atoms with E-state index in [0.29, 0.717) is 10.9 Å². The van der Waals surface area contributed by atoms with Crippen LogP contribution < -0.4 is 5.32 Å². The van der Waals surface area contributed by atoms with Crippen LogP contribution in [-0.2, 0) is 4.79 Å². The number of carbonyl (C=O) groups excluding carboxylic acids is 1. The number of amides is 1. The summed E-state index contributed by atoms with van der Waals surface area (Å²) in [5.41, 5.74) is 3.08. The molecule has 3 rings (SSSR count). The van der Waals surface area contributed by atoms with Gasteiger partial charge in [-0.3, -0.25) is 4.79 Å². The first-order chi connectivity index (χ1) is 9.65. The molecule has 0 unspecified atom stereocenters. The summed E-state index contributed by atoms with van der Waals surface area (Å²) in [6.45, 7) is 1.97. The Morgan fingerprint density at radius 2 is 1.95 bits per heavy atom. The molecule has 1 amide bonds. The van der Waals surface area contributed by atoms with Crippen LogP contribution >= 0.6 is 11.6 Å². The van der Waals surface area contributed by atoms with E-state index in [-0.39, 0.29) is 11.8 Å². The van der Waals surface area contributed by atoms with Crippen LogP contribution in [0.5, 0.6) is 0 Å². The highest BCUT2D eigenvalue weighted by molar-refractivity contribution is 6.31. The van der Waals surface area contributed by atoms with Gasteiger partial charge in [-0.15, -0.1) is 0 Å². The lowest BCUT2D eigenvalue weighted by atomic mass is 10.1. The summed E-state index contributed by atoms with van der Waals surface area (Å²) in [4.78, 5) is 12.3. The molecule has 2 nitrogen and oxygen atoms in total. The van der Waals surface area contributed by atoms with Crippen LogP contribution in [0, 0.1) is 12.8 Å². The molecule has 0 bridgehead atoms. The van der Waals surface area contributed by atoms with Gasteiger partial charge in [0.25, 0.3) is 0 Å². The molecule has 0 spiro atoms. The molecule has 2 atom stereocenters. The molecule has 0 saturated heterocycles. The second-order valence-corrected chi connectivity index (χ2v) is 5.74. The first kappa shape index (κ1) is 13.2. The number of rotatable bonds is 3. The Labute approximate surface area is 123 Å². The maximum Gasteiger partial charge on any atom is 0.228 e. The molecule has 1 aliphatic rings. The molecule has 1 saturated carbocycles. The summed E-state index contributed by atoms with van der Waals surface area (Å²) in [5, 5.41) is 3.63. The van der Waals surface area contributed by atoms with Crippen molar-refractivity contribution in [3.8, 4) is 0 Å². The van der Waals surface area contributed by atoms with E-state index in [0.717, 1.165) is 17.7 Å². The molecule has 0 aromatic heterocycles. The number of nitrogens with one attached hydrogen (secondary N) is 1. The van der Waals surface area contributed by atoms with Gasteiger partial charge in [-0.1, -0.05) is 48.0 Å². The van der Waals surface area contributed by atoms with Crippen molar-refractivity contribution >= 4 is 23.2 Å². The van der Waals surface area contributed by atoms with E-state index >= 15 is 0 Å². The smallest absolute Gasteiger partial charge is 0.228 e. The Balaban J connectivity index is 1.68. The zero-order valence-electron chi connectivity index (χ0n) is 11.3. The van der Waals surface area contributed by atoms with Crippen LogP contribution in [-0.4, -0.2) is 5.91 Å². The summed E-state index contributed by atoms with van der Waals surface area (Å²) >= 11 is 5.97. The fourth-order valence-electron chi connectivity index (χ4n) is 2.51. The van der Waals surface area contributed by atoms with E-state index in [1.165, 1.54) is 5.56 Å². The third-order valence-corrected chi connectivity index (χ3v) is 4.05. The number of halogens is 1. The van der Waals surface area contributed by atoms with Crippen molar-refractivity contribution in [2.75, 3.05) is 5.32 Å². The molecule has 0 heterocycles. The Bertz CT molecular complexity index is 639. The van der Waals surface area contributed by atoms with E-state index in [2.05, 4.69) is 17.4 Å².